The van der Waals surface area contributed by atoms with Crippen LogP contribution >= 0.6 is 0 Å². The molecular formula is C28H30N4O4. The van der Waals surface area contributed by atoms with Crippen LogP contribution in [0.3, 0.4) is 0 Å². The van der Waals surface area contributed by atoms with Crippen molar-refractivity contribution in [1.29, 1.82) is 0 Å². The van der Waals surface area contributed by atoms with Crippen molar-refractivity contribution in [2.24, 2.45) is 0 Å². The first-order valence-electron chi connectivity index (χ1n) is 11.5. The zero-order chi connectivity index (χ0) is 26.2. The first kappa shape index (κ1) is 26.2. The number of hydrogen-bond acceptors (Lipinski definition) is 4. The van der Waals surface area contributed by atoms with Crippen LogP contribution in [0.1, 0.15) is 43.0 Å². The minimum absolute atomic E-state index is 0.190. The first-order chi connectivity index (χ1) is 17.2. The Balaban J connectivity index is 1.48. The topological polar surface area (TPSA) is 116 Å². The van der Waals surface area contributed by atoms with Crippen LogP contribution in [0.5, 0.6) is 0 Å². The van der Waals surface area contributed by atoms with Crippen LogP contribution in [0.4, 0.5) is 11.4 Å². The average Bonchev–Trinajstić information content (AvgIpc) is 2.86. The average molecular weight is 487 g/mol. The van der Waals surface area contributed by atoms with Gasteiger partial charge in [0.05, 0.1) is 13.1 Å². The molecule has 4 N–H and O–H groups in total. The normalized spacial score (nSPS) is 10.3. The van der Waals surface area contributed by atoms with Gasteiger partial charge in [-0.3, -0.25) is 19.2 Å². The predicted octanol–water partition coefficient (Wildman–Crippen LogP) is 3.66. The number of carbonyl (C=O) groups is 4. The van der Waals surface area contributed by atoms with Gasteiger partial charge in [-0.05, 0) is 74.2 Å². The van der Waals surface area contributed by atoms with Gasteiger partial charge in [0.25, 0.3) is 11.8 Å². The summed E-state index contributed by atoms with van der Waals surface area (Å²) in [5.74, 6) is -1.55. The first-order valence-corrected chi connectivity index (χ1v) is 11.5. The molecule has 0 unspecified atom stereocenters. The van der Waals surface area contributed by atoms with E-state index in [0.717, 1.165) is 33.6 Å². The molecule has 36 heavy (non-hydrogen) atoms. The maximum absolute atomic E-state index is 12.4. The van der Waals surface area contributed by atoms with Gasteiger partial charge in [0.15, 0.2) is 0 Å². The molecule has 186 valence electrons. The molecule has 0 saturated carbocycles. The lowest BCUT2D eigenvalue weighted by Gasteiger charge is -2.12. The highest BCUT2D eigenvalue weighted by molar-refractivity contribution is 6.02. The van der Waals surface area contributed by atoms with E-state index in [9.17, 15) is 19.2 Å². The Hall–Kier alpha value is -4.46. The maximum Gasteiger partial charge on any atom is 0.251 e. The van der Waals surface area contributed by atoms with E-state index in [0.29, 0.717) is 11.1 Å². The molecule has 3 aromatic rings. The second kappa shape index (κ2) is 11.8. The zero-order valence-corrected chi connectivity index (χ0v) is 20.8. The molecule has 0 bridgehead atoms. The van der Waals surface area contributed by atoms with E-state index < -0.39 is 11.8 Å². The summed E-state index contributed by atoms with van der Waals surface area (Å²) < 4.78 is 0. The zero-order valence-electron chi connectivity index (χ0n) is 20.8. The van der Waals surface area contributed by atoms with Crippen LogP contribution in [0.25, 0.3) is 0 Å². The summed E-state index contributed by atoms with van der Waals surface area (Å²) in [5, 5.41) is 10.8. The molecule has 0 aromatic heterocycles. The largest absolute Gasteiger partial charge is 0.343 e. The minimum atomic E-state index is -0.438. The lowest BCUT2D eigenvalue weighted by Crippen LogP contribution is -2.34. The van der Waals surface area contributed by atoms with E-state index in [1.54, 1.807) is 0 Å². The second-order valence-corrected chi connectivity index (χ2v) is 8.57. The summed E-state index contributed by atoms with van der Waals surface area (Å²) in [6, 6.07) is 17.4. The summed E-state index contributed by atoms with van der Waals surface area (Å²) in [6.07, 6.45) is 0. The van der Waals surface area contributed by atoms with Crippen molar-refractivity contribution in [3.05, 3.63) is 94.0 Å². The highest BCUT2D eigenvalue weighted by Gasteiger charge is 2.13. The number of hydrogen-bond donors (Lipinski definition) is 4. The summed E-state index contributed by atoms with van der Waals surface area (Å²) in [5.41, 5.74) is 5.82. The van der Waals surface area contributed by atoms with Crippen LogP contribution in [-0.4, -0.2) is 36.7 Å². The van der Waals surface area contributed by atoms with E-state index in [-0.39, 0.29) is 24.9 Å². The number of benzene rings is 3. The van der Waals surface area contributed by atoms with E-state index in [4.69, 9.17) is 0 Å². The Kier molecular flexibility index (Phi) is 8.57. The molecule has 0 heterocycles. The summed E-state index contributed by atoms with van der Waals surface area (Å²) >= 11 is 0. The minimum Gasteiger partial charge on any atom is -0.343 e. The Labute approximate surface area is 210 Å². The quantitative estimate of drug-likeness (QED) is 0.389. The van der Waals surface area contributed by atoms with Crippen molar-refractivity contribution in [3.63, 3.8) is 0 Å². The monoisotopic (exact) mass is 486 g/mol. The van der Waals surface area contributed by atoms with Crippen LogP contribution in [0.2, 0.25) is 0 Å². The van der Waals surface area contributed by atoms with Gasteiger partial charge < -0.3 is 21.3 Å². The van der Waals surface area contributed by atoms with Crippen molar-refractivity contribution in [2.75, 3.05) is 23.7 Å². The molecule has 0 atom stereocenters. The number of para-hydroxylation sites is 2. The number of carbonyl (C=O) groups excluding carboxylic acids is 4. The molecule has 3 rings (SSSR count). The molecule has 0 spiro atoms. The maximum atomic E-state index is 12.4. The molecule has 8 heteroatoms. The van der Waals surface area contributed by atoms with Gasteiger partial charge in [0, 0.05) is 22.5 Å². The van der Waals surface area contributed by atoms with Crippen molar-refractivity contribution in [3.8, 4) is 0 Å². The molecular weight excluding hydrogens is 456 g/mol. The molecule has 4 amide bonds. The van der Waals surface area contributed by atoms with Gasteiger partial charge in [-0.25, -0.2) is 0 Å². The Bertz CT molecular complexity index is 1160. The highest BCUT2D eigenvalue weighted by atomic mass is 16.2. The molecule has 3 aromatic carbocycles. The fourth-order valence-electron chi connectivity index (χ4n) is 3.69. The summed E-state index contributed by atoms with van der Waals surface area (Å²) in [4.78, 5) is 49.4. The Morgan fingerprint density at radius 2 is 0.833 bits per heavy atom. The number of rotatable bonds is 8. The highest BCUT2D eigenvalue weighted by Crippen LogP contribution is 2.20. The van der Waals surface area contributed by atoms with E-state index in [2.05, 4.69) is 21.3 Å². The second-order valence-electron chi connectivity index (χ2n) is 8.57. The number of amides is 4. The lowest BCUT2D eigenvalue weighted by atomic mass is 10.1. The third-order valence-electron chi connectivity index (χ3n) is 5.72. The van der Waals surface area contributed by atoms with Gasteiger partial charge in [0.2, 0.25) is 11.8 Å². The van der Waals surface area contributed by atoms with Gasteiger partial charge in [0.1, 0.15) is 0 Å². The van der Waals surface area contributed by atoms with Crippen LogP contribution < -0.4 is 21.3 Å². The smallest absolute Gasteiger partial charge is 0.251 e. The standard InChI is InChI=1S/C28H30N4O4/c1-17-7-5-8-18(2)25(17)31-23(33)15-29-27(35)21-11-13-22(14-12-21)28(36)30-16-24(34)32-26-19(3)9-6-10-20(26)4/h5-14H,15-16H2,1-4H3,(H,29,35)(H,30,36)(H,31,33)(H,32,34). The van der Waals surface area contributed by atoms with Gasteiger partial charge in [-0.1, -0.05) is 36.4 Å². The molecule has 0 aliphatic carbocycles. The number of nitrogens with one attached hydrogen (secondary N) is 4. The van der Waals surface area contributed by atoms with Gasteiger partial charge in [-0.2, -0.15) is 0 Å². The summed E-state index contributed by atoms with van der Waals surface area (Å²) in [6.45, 7) is 7.22. The van der Waals surface area contributed by atoms with Crippen molar-refractivity contribution < 1.29 is 19.2 Å². The van der Waals surface area contributed by atoms with Gasteiger partial charge >= 0.3 is 0 Å². The number of aryl methyl sites for hydroxylation is 4. The fourth-order valence-corrected chi connectivity index (χ4v) is 3.69. The predicted molar refractivity (Wildman–Crippen MR) is 140 cm³/mol. The molecule has 0 aliphatic heterocycles. The molecule has 8 nitrogen and oxygen atoms in total. The molecule has 0 fully saturated rings. The Morgan fingerprint density at radius 1 is 0.528 bits per heavy atom. The summed E-state index contributed by atoms with van der Waals surface area (Å²) in [7, 11) is 0. The third-order valence-corrected chi connectivity index (χ3v) is 5.72. The lowest BCUT2D eigenvalue weighted by molar-refractivity contribution is -0.116. The van der Waals surface area contributed by atoms with Crippen molar-refractivity contribution >= 4 is 35.0 Å². The van der Waals surface area contributed by atoms with E-state index >= 15 is 0 Å². The van der Waals surface area contributed by atoms with Gasteiger partial charge in [-0.15, -0.1) is 0 Å². The fraction of sp³-hybridized carbons (Fsp3) is 0.214. The van der Waals surface area contributed by atoms with E-state index in [1.807, 2.05) is 64.1 Å². The van der Waals surface area contributed by atoms with E-state index in [1.165, 1.54) is 24.3 Å². The molecule has 0 radical (unpaired) electrons. The number of anilines is 2. The Morgan fingerprint density at radius 3 is 1.14 bits per heavy atom. The van der Waals surface area contributed by atoms with Crippen LogP contribution in [-0.2, 0) is 9.59 Å². The third kappa shape index (κ3) is 6.79. The molecule has 0 saturated heterocycles. The van der Waals surface area contributed by atoms with Crippen molar-refractivity contribution in [1.82, 2.24) is 10.6 Å². The van der Waals surface area contributed by atoms with Crippen LogP contribution in [0.15, 0.2) is 60.7 Å². The van der Waals surface area contributed by atoms with Crippen molar-refractivity contribution in [2.45, 2.75) is 27.7 Å². The molecule has 0 aliphatic rings. The SMILES string of the molecule is Cc1cccc(C)c1NC(=O)CNC(=O)c1ccc(C(=O)NCC(=O)Nc2c(C)cccc2C)cc1. The van der Waals surface area contributed by atoms with Crippen LogP contribution in [0, 0.1) is 27.7 Å².